The van der Waals surface area contributed by atoms with Crippen LogP contribution in [0.2, 0.25) is 0 Å². The van der Waals surface area contributed by atoms with E-state index in [4.69, 9.17) is 30.4 Å². The molecule has 380 valence electrons. The average Bonchev–Trinajstić information content (AvgIpc) is 3.77. The zero-order chi connectivity index (χ0) is 49.8. The van der Waals surface area contributed by atoms with Crippen molar-refractivity contribution in [2.45, 2.75) is 109 Å². The van der Waals surface area contributed by atoms with Crippen LogP contribution >= 0.6 is 0 Å². The van der Waals surface area contributed by atoms with Gasteiger partial charge in [-0.2, -0.15) is 0 Å². The summed E-state index contributed by atoms with van der Waals surface area (Å²) in [6, 6.07) is 16.6. The number of aromatic nitrogens is 8. The van der Waals surface area contributed by atoms with Crippen LogP contribution in [0.5, 0.6) is 0 Å². The molecule has 7 aliphatic rings. The largest absolute Gasteiger partial charge is 0.381 e. The van der Waals surface area contributed by atoms with Crippen molar-refractivity contribution >= 4 is 61.6 Å². The molecule has 4 saturated carbocycles. The molecule has 8 aromatic rings. The summed E-state index contributed by atoms with van der Waals surface area (Å²) in [6.45, 7) is 6.54. The van der Waals surface area contributed by atoms with Crippen molar-refractivity contribution in [1.29, 1.82) is 0 Å². The molecular weight excluding hydrogens is 939 g/mol. The molecule has 3 saturated heterocycles. The number of nitrogens with one attached hydrogen (secondary N) is 1. The molecule has 74 heavy (non-hydrogen) atoms. The summed E-state index contributed by atoms with van der Waals surface area (Å²) in [7, 11) is 1.84. The lowest BCUT2D eigenvalue weighted by Gasteiger charge is -2.28. The molecule has 2 amide bonds. The van der Waals surface area contributed by atoms with Gasteiger partial charge in [-0.15, -0.1) is 0 Å². The van der Waals surface area contributed by atoms with Gasteiger partial charge in [0.05, 0.1) is 53.0 Å². The molecule has 9 heterocycles. The van der Waals surface area contributed by atoms with Crippen LogP contribution in [-0.2, 0) is 31.4 Å². The van der Waals surface area contributed by atoms with Crippen molar-refractivity contribution in [3.8, 4) is 23.0 Å². The molecular formula is C57H60F2N12O3. The quantitative estimate of drug-likeness (QED) is 0.122. The highest BCUT2D eigenvalue weighted by atomic mass is 19.1. The standard InChI is InChI=1S/C57H60F2N12O3/c1-29-3-8-33-20-46(68(53(33)62-29)24-31-6-7-31)54-64-42-18-37(16-40(58)50(42)66(54)2)57(73)70-27-35-10-12-45(70)49(35)63-39-15-36-21-47(67(23-30-4-5-30)52(36)61-22-39)55-65-43-19-38(56(72)69-26-34-9-11-44(69)48(34)60)17-41(59)51(43)71(55)25-32-13-14-74-28-32/h3,8,15-22,30-32,34-35,44-45,48-49,63H,4-7,9-14,23-28,60H2,1-2H3/t32-,34-,35-,44-,45-,48-,49-/m1/s1. The molecule has 3 aliphatic heterocycles. The first-order valence-corrected chi connectivity index (χ1v) is 27.0. The number of amides is 2. The Hall–Kier alpha value is -6.72. The second kappa shape index (κ2) is 16.6. The highest BCUT2D eigenvalue weighted by Crippen LogP contribution is 2.44. The molecule has 2 aromatic carbocycles. The fraction of sp³-hybridized carbons (Fsp3) is 0.474. The lowest BCUT2D eigenvalue weighted by molar-refractivity contribution is 0.0693. The molecule has 3 N–H and O–H groups in total. The van der Waals surface area contributed by atoms with Gasteiger partial charge in [0.1, 0.15) is 34.0 Å². The molecule has 4 bridgehead atoms. The fourth-order valence-electron chi connectivity index (χ4n) is 13.9. The number of carbonyl (C=O) groups excluding carboxylic acids is 2. The van der Waals surface area contributed by atoms with Crippen LogP contribution in [-0.4, -0.2) is 110 Å². The number of pyridine rings is 2. The number of hydrogen-bond acceptors (Lipinski definition) is 9. The number of nitrogens with zero attached hydrogens (tertiary/aromatic N) is 10. The number of piperidine rings is 2. The smallest absolute Gasteiger partial charge is 0.254 e. The van der Waals surface area contributed by atoms with Crippen molar-refractivity contribution in [2.24, 2.45) is 42.4 Å². The number of halogens is 2. The summed E-state index contributed by atoms with van der Waals surface area (Å²) in [6.07, 6.45) is 11.1. The van der Waals surface area contributed by atoms with Crippen LogP contribution in [0.4, 0.5) is 14.5 Å². The Morgan fingerprint density at radius 3 is 2.01 bits per heavy atom. The summed E-state index contributed by atoms with van der Waals surface area (Å²) in [5.74, 6) is 1.75. The van der Waals surface area contributed by atoms with Gasteiger partial charge in [-0.1, -0.05) is 0 Å². The van der Waals surface area contributed by atoms with Crippen LogP contribution in [0.15, 0.2) is 60.8 Å². The molecule has 0 unspecified atom stereocenters. The maximum Gasteiger partial charge on any atom is 0.254 e. The molecule has 17 heteroatoms. The lowest BCUT2D eigenvalue weighted by atomic mass is 10.1. The second-order valence-corrected chi connectivity index (χ2v) is 23.1. The summed E-state index contributed by atoms with van der Waals surface area (Å²) >= 11 is 0. The van der Waals surface area contributed by atoms with Crippen molar-refractivity contribution in [1.82, 2.24) is 48.0 Å². The van der Waals surface area contributed by atoms with Crippen molar-refractivity contribution < 1.29 is 23.1 Å². The number of anilines is 1. The minimum absolute atomic E-state index is 0.0172. The zero-order valence-corrected chi connectivity index (χ0v) is 41.8. The van der Waals surface area contributed by atoms with E-state index in [2.05, 4.69) is 38.7 Å². The average molecular weight is 999 g/mol. The van der Waals surface area contributed by atoms with Gasteiger partial charge in [-0.05, 0) is 143 Å². The predicted molar refractivity (Wildman–Crippen MR) is 277 cm³/mol. The number of imidazole rings is 2. The number of rotatable bonds is 12. The van der Waals surface area contributed by atoms with E-state index in [1.807, 2.05) is 45.2 Å². The molecule has 0 radical (unpaired) electrons. The van der Waals surface area contributed by atoms with Gasteiger partial charge < -0.3 is 43.9 Å². The van der Waals surface area contributed by atoms with E-state index in [-0.39, 0.29) is 53.7 Å². The number of benzene rings is 2. The zero-order valence-electron chi connectivity index (χ0n) is 41.8. The van der Waals surface area contributed by atoms with Gasteiger partial charge in [0.15, 0.2) is 11.6 Å². The Morgan fingerprint density at radius 1 is 0.676 bits per heavy atom. The van der Waals surface area contributed by atoms with E-state index in [1.54, 1.807) is 12.1 Å². The third kappa shape index (κ3) is 7.15. The molecule has 6 aromatic heterocycles. The number of carbonyl (C=O) groups is 2. The first-order valence-electron chi connectivity index (χ1n) is 27.0. The van der Waals surface area contributed by atoms with E-state index in [1.165, 1.54) is 25.0 Å². The van der Waals surface area contributed by atoms with Gasteiger partial charge in [0.2, 0.25) is 0 Å². The first kappa shape index (κ1) is 44.7. The van der Waals surface area contributed by atoms with Crippen LogP contribution in [0.3, 0.4) is 0 Å². The molecule has 0 spiro atoms. The Balaban J connectivity index is 0.730. The van der Waals surface area contributed by atoms with E-state index in [0.717, 1.165) is 103 Å². The minimum atomic E-state index is -0.472. The highest BCUT2D eigenvalue weighted by Gasteiger charge is 2.50. The highest BCUT2D eigenvalue weighted by molar-refractivity contribution is 6.00. The Morgan fingerprint density at radius 2 is 1.31 bits per heavy atom. The van der Waals surface area contributed by atoms with Crippen LogP contribution < -0.4 is 11.1 Å². The third-order valence-electron chi connectivity index (χ3n) is 18.1. The van der Waals surface area contributed by atoms with Crippen molar-refractivity contribution in [3.05, 3.63) is 89.2 Å². The predicted octanol–water partition coefficient (Wildman–Crippen LogP) is 8.68. The van der Waals surface area contributed by atoms with Crippen LogP contribution in [0.1, 0.15) is 84.2 Å². The monoisotopic (exact) mass is 998 g/mol. The Kier molecular flexibility index (Phi) is 10.1. The first-order chi connectivity index (χ1) is 36.0. The molecule has 7 atom stereocenters. The number of aryl methyl sites for hydroxylation is 2. The van der Waals surface area contributed by atoms with Crippen LogP contribution in [0, 0.1) is 48.1 Å². The Labute approximate surface area is 426 Å². The second-order valence-electron chi connectivity index (χ2n) is 23.1. The van der Waals surface area contributed by atoms with E-state index in [0.29, 0.717) is 89.5 Å². The number of hydrogen-bond donors (Lipinski definition) is 2. The third-order valence-corrected chi connectivity index (χ3v) is 18.1. The summed E-state index contributed by atoms with van der Waals surface area (Å²) < 4.78 is 47.2. The van der Waals surface area contributed by atoms with Gasteiger partial charge in [0.25, 0.3) is 11.8 Å². The van der Waals surface area contributed by atoms with E-state index in [9.17, 15) is 9.59 Å². The van der Waals surface area contributed by atoms with Gasteiger partial charge >= 0.3 is 0 Å². The van der Waals surface area contributed by atoms with E-state index >= 15 is 8.78 Å². The van der Waals surface area contributed by atoms with Gasteiger partial charge in [0, 0.05) is 92.0 Å². The maximum atomic E-state index is 16.7. The number of fused-ring (bicyclic) bond motifs is 8. The normalized spacial score (nSPS) is 25.4. The molecule has 15 rings (SSSR count). The van der Waals surface area contributed by atoms with Crippen LogP contribution in [0.25, 0.3) is 67.2 Å². The van der Waals surface area contributed by atoms with Gasteiger partial charge in [-0.25, -0.2) is 28.7 Å². The number of likely N-dealkylation sites (tertiary alicyclic amines) is 2. The number of nitrogens with two attached hydrogens (primary N) is 1. The van der Waals surface area contributed by atoms with E-state index < -0.39 is 11.6 Å². The maximum absolute atomic E-state index is 16.7. The topological polar surface area (TPSA) is 159 Å². The van der Waals surface area contributed by atoms with Crippen molar-refractivity contribution in [3.63, 3.8) is 0 Å². The summed E-state index contributed by atoms with van der Waals surface area (Å²) in [5, 5.41) is 5.77. The molecule has 15 nitrogen and oxygen atoms in total. The summed E-state index contributed by atoms with van der Waals surface area (Å²) in [5.41, 5.74) is 14.0. The lowest BCUT2D eigenvalue weighted by Crippen LogP contribution is -2.41. The fourth-order valence-corrected chi connectivity index (χ4v) is 13.9. The summed E-state index contributed by atoms with van der Waals surface area (Å²) in [4.78, 5) is 52.5. The molecule has 4 aliphatic carbocycles. The van der Waals surface area contributed by atoms with Gasteiger partial charge in [-0.3, -0.25) is 9.59 Å². The minimum Gasteiger partial charge on any atom is -0.381 e. The number of ether oxygens (including phenoxy) is 1. The molecule has 7 fully saturated rings. The Bertz CT molecular complexity index is 3650. The van der Waals surface area contributed by atoms with Crippen molar-refractivity contribution in [2.75, 3.05) is 31.6 Å². The SMILES string of the molecule is Cc1ccc2cc(-c3nc4cc(C(=O)N5C[C@H]6CC[C@@H]5[C@@H]6Nc5cnc6c(c5)cc(-c5nc7cc(C(=O)N8C[C@H]9CC[C@@H]8[C@@H]9N)cc(F)c7n5C[C@H]5CCOC5)n6CC5CC5)cc(F)c4n3C)n(CC3CC3)c2n1.